The zero-order valence-corrected chi connectivity index (χ0v) is 18.4. The number of nitrogen functional groups attached to an aromatic ring is 1. The van der Waals surface area contributed by atoms with Crippen molar-refractivity contribution in [2.45, 2.75) is 64.7 Å². The van der Waals surface area contributed by atoms with Crippen LogP contribution >= 0.6 is 0 Å². The van der Waals surface area contributed by atoms with Gasteiger partial charge in [-0.1, -0.05) is 0 Å². The smallest absolute Gasteiger partial charge is 0.332 e. The van der Waals surface area contributed by atoms with Crippen molar-refractivity contribution in [2.75, 3.05) is 12.3 Å². The van der Waals surface area contributed by atoms with Crippen LogP contribution < -0.4 is 11.4 Å². The second kappa shape index (κ2) is 8.81. The molecule has 2 aromatic rings. The largest absolute Gasteiger partial charge is 0.463 e. The molecule has 0 radical (unpaired) electrons. The summed E-state index contributed by atoms with van der Waals surface area (Å²) in [5, 5.41) is 0. The number of carbonyl (C=O) groups is 3. The minimum Gasteiger partial charge on any atom is -0.463 e. The van der Waals surface area contributed by atoms with E-state index < -0.39 is 48.1 Å². The maximum absolute atomic E-state index is 13.5. The molecule has 33 heavy (non-hydrogen) atoms. The molecule has 4 rings (SSSR count). The van der Waals surface area contributed by atoms with E-state index >= 15 is 0 Å². The van der Waals surface area contributed by atoms with Crippen LogP contribution in [-0.4, -0.2) is 61.9 Å². The fourth-order valence-electron chi connectivity index (χ4n) is 3.94. The molecule has 2 aromatic heterocycles. The molecule has 0 spiro atoms. The monoisotopic (exact) mass is 463 g/mol. The van der Waals surface area contributed by atoms with Crippen LogP contribution in [0.25, 0.3) is 11.2 Å². The molecule has 1 aliphatic heterocycles. The van der Waals surface area contributed by atoms with Crippen molar-refractivity contribution in [3.8, 4) is 0 Å². The number of imidazole rings is 1. The summed E-state index contributed by atoms with van der Waals surface area (Å²) in [5.74, 6) is -1.62. The number of nitrogens with two attached hydrogens (primary N) is 1. The number of fused-ring (bicyclic) bond motifs is 1. The Labute approximate surface area is 187 Å². The third kappa shape index (κ3) is 4.67. The molecule has 13 heteroatoms. The molecule has 2 aliphatic rings. The molecular weight excluding hydrogens is 438 g/mol. The standard InChI is InChI=1S/C20H25N5O8/c1-9(26)30-8-14-15(31-10(2)27)16(32-11(3)28)18(33-14)25-17-13(6-22-19(21)23-17)24(20(25)29)7-12-4-5-12/h6,12,14-16,18H,4-5,7-8H2,1-3H3,(H2,21,22,23)/t14-,15+,16-,18-/m1/s1. The van der Waals surface area contributed by atoms with Gasteiger partial charge in [-0.25, -0.2) is 14.3 Å². The molecule has 178 valence electrons. The van der Waals surface area contributed by atoms with Gasteiger partial charge in [-0.3, -0.25) is 19.0 Å². The Morgan fingerprint density at radius 1 is 1.12 bits per heavy atom. The van der Waals surface area contributed by atoms with Crippen LogP contribution in [0.2, 0.25) is 0 Å². The van der Waals surface area contributed by atoms with Crippen molar-refractivity contribution in [3.63, 3.8) is 0 Å². The number of aromatic nitrogens is 4. The minimum atomic E-state index is -1.22. The second-order valence-corrected chi connectivity index (χ2v) is 8.16. The predicted molar refractivity (Wildman–Crippen MR) is 111 cm³/mol. The second-order valence-electron chi connectivity index (χ2n) is 8.16. The van der Waals surface area contributed by atoms with E-state index in [4.69, 9.17) is 24.7 Å². The van der Waals surface area contributed by atoms with Gasteiger partial charge in [-0.2, -0.15) is 4.98 Å². The highest BCUT2D eigenvalue weighted by molar-refractivity contribution is 5.72. The van der Waals surface area contributed by atoms with Gasteiger partial charge in [0.05, 0.1) is 6.20 Å². The summed E-state index contributed by atoms with van der Waals surface area (Å²) >= 11 is 0. The normalized spacial score (nSPS) is 24.6. The van der Waals surface area contributed by atoms with Crippen LogP contribution in [-0.2, 0) is 39.9 Å². The molecule has 0 unspecified atom stereocenters. The van der Waals surface area contributed by atoms with Gasteiger partial charge in [0.2, 0.25) is 5.95 Å². The van der Waals surface area contributed by atoms with Crippen LogP contribution in [0.5, 0.6) is 0 Å². The van der Waals surface area contributed by atoms with E-state index in [2.05, 4.69) is 9.97 Å². The maximum Gasteiger partial charge on any atom is 0.332 e. The molecule has 1 saturated carbocycles. The molecule has 1 aliphatic carbocycles. The average Bonchev–Trinajstić information content (AvgIpc) is 3.44. The Hall–Kier alpha value is -3.48. The fraction of sp³-hybridized carbons (Fsp3) is 0.600. The van der Waals surface area contributed by atoms with Crippen LogP contribution in [0, 0.1) is 5.92 Å². The number of carbonyl (C=O) groups excluding carboxylic acids is 3. The van der Waals surface area contributed by atoms with Gasteiger partial charge < -0.3 is 24.7 Å². The van der Waals surface area contributed by atoms with Crippen LogP contribution in [0.4, 0.5) is 5.95 Å². The molecular formula is C20H25N5O8. The lowest BCUT2D eigenvalue weighted by Crippen LogP contribution is -2.41. The van der Waals surface area contributed by atoms with Gasteiger partial charge >= 0.3 is 23.6 Å². The van der Waals surface area contributed by atoms with E-state index in [0.717, 1.165) is 12.8 Å². The maximum atomic E-state index is 13.5. The van der Waals surface area contributed by atoms with Gasteiger partial charge in [0.15, 0.2) is 24.1 Å². The first kappa shape index (κ1) is 22.7. The third-order valence-corrected chi connectivity index (χ3v) is 5.46. The number of rotatable bonds is 7. The van der Waals surface area contributed by atoms with E-state index in [1.165, 1.54) is 36.1 Å². The summed E-state index contributed by atoms with van der Waals surface area (Å²) in [6.45, 7) is 3.76. The third-order valence-electron chi connectivity index (χ3n) is 5.46. The molecule has 4 atom stereocenters. The number of esters is 3. The molecule has 2 N–H and O–H groups in total. The van der Waals surface area contributed by atoms with E-state index in [9.17, 15) is 19.2 Å². The van der Waals surface area contributed by atoms with Crippen LogP contribution in [0.15, 0.2) is 11.0 Å². The predicted octanol–water partition coefficient (Wildman–Crippen LogP) is -0.0909. The van der Waals surface area contributed by atoms with E-state index in [1.54, 1.807) is 0 Å². The SMILES string of the molecule is CC(=O)OC[C@H]1O[C@@H](n2c(=O)n(CC3CC3)c3cnc(N)nc32)[C@H](OC(C)=O)[C@H]1OC(C)=O. The highest BCUT2D eigenvalue weighted by atomic mass is 16.7. The number of hydrogen-bond acceptors (Lipinski definition) is 11. The molecule has 0 bridgehead atoms. The van der Waals surface area contributed by atoms with Gasteiger partial charge in [-0.05, 0) is 18.8 Å². The van der Waals surface area contributed by atoms with Gasteiger partial charge in [-0.15, -0.1) is 0 Å². The van der Waals surface area contributed by atoms with Crippen molar-refractivity contribution < 1.29 is 33.3 Å². The van der Waals surface area contributed by atoms with Gasteiger partial charge in [0.25, 0.3) is 0 Å². The lowest BCUT2D eigenvalue weighted by Gasteiger charge is -2.23. The molecule has 3 heterocycles. The molecule has 0 amide bonds. The van der Waals surface area contributed by atoms with E-state index in [1.807, 2.05) is 0 Å². The summed E-state index contributed by atoms with van der Waals surface area (Å²) in [5.41, 5.74) is 5.95. The summed E-state index contributed by atoms with van der Waals surface area (Å²) < 4.78 is 24.6. The minimum absolute atomic E-state index is 0.0603. The topological polar surface area (TPSA) is 167 Å². The lowest BCUT2D eigenvalue weighted by molar-refractivity contribution is -0.166. The van der Waals surface area contributed by atoms with Gasteiger partial charge in [0.1, 0.15) is 18.2 Å². The van der Waals surface area contributed by atoms with Crippen molar-refractivity contribution in [3.05, 3.63) is 16.7 Å². The van der Waals surface area contributed by atoms with Gasteiger partial charge in [0, 0.05) is 27.3 Å². The quantitative estimate of drug-likeness (QED) is 0.430. The Kier molecular flexibility index (Phi) is 6.06. The number of nitrogens with zero attached hydrogens (tertiary/aromatic N) is 4. The first-order valence-electron chi connectivity index (χ1n) is 10.5. The van der Waals surface area contributed by atoms with Crippen molar-refractivity contribution in [2.24, 2.45) is 5.92 Å². The summed E-state index contributed by atoms with van der Waals surface area (Å²) in [6, 6.07) is 0. The summed E-state index contributed by atoms with van der Waals surface area (Å²) in [7, 11) is 0. The van der Waals surface area contributed by atoms with Crippen molar-refractivity contribution >= 4 is 35.0 Å². The molecule has 2 fully saturated rings. The summed E-state index contributed by atoms with van der Waals surface area (Å²) in [6.07, 6.45) is -1.10. The highest BCUT2D eigenvalue weighted by Gasteiger charge is 2.52. The first-order chi connectivity index (χ1) is 15.7. The Bertz CT molecular complexity index is 1150. The fourth-order valence-corrected chi connectivity index (χ4v) is 3.94. The number of anilines is 1. The number of hydrogen-bond donors (Lipinski definition) is 1. The van der Waals surface area contributed by atoms with E-state index in [-0.39, 0.29) is 18.2 Å². The van der Waals surface area contributed by atoms with Crippen molar-refractivity contribution in [1.82, 2.24) is 19.1 Å². The first-order valence-corrected chi connectivity index (χ1v) is 10.5. The Balaban J connectivity index is 1.82. The van der Waals surface area contributed by atoms with Crippen LogP contribution in [0.3, 0.4) is 0 Å². The molecule has 0 aromatic carbocycles. The van der Waals surface area contributed by atoms with Crippen LogP contribution in [0.1, 0.15) is 39.8 Å². The van der Waals surface area contributed by atoms with E-state index in [0.29, 0.717) is 18.0 Å². The zero-order valence-electron chi connectivity index (χ0n) is 18.4. The zero-order chi connectivity index (χ0) is 23.9. The molecule has 13 nitrogen and oxygen atoms in total. The van der Waals surface area contributed by atoms with Crippen molar-refractivity contribution in [1.29, 1.82) is 0 Å². The molecule has 1 saturated heterocycles. The summed E-state index contributed by atoms with van der Waals surface area (Å²) in [4.78, 5) is 56.8. The Morgan fingerprint density at radius 2 is 1.79 bits per heavy atom. The highest BCUT2D eigenvalue weighted by Crippen LogP contribution is 2.36. The Morgan fingerprint density at radius 3 is 2.39 bits per heavy atom. The average molecular weight is 463 g/mol. The number of ether oxygens (including phenoxy) is 4. The lowest BCUT2D eigenvalue weighted by atomic mass is 10.1.